The van der Waals surface area contributed by atoms with E-state index in [4.69, 9.17) is 17.3 Å². The average Bonchev–Trinajstić information content (AvgIpc) is 2.46. The van der Waals surface area contributed by atoms with Crippen molar-refractivity contribution in [2.24, 2.45) is 5.73 Å². The Hall–Kier alpha value is -2.98. The normalized spacial score (nSPS) is 16.6. The van der Waals surface area contributed by atoms with Crippen LogP contribution in [0.3, 0.4) is 0 Å². The third-order valence-corrected chi connectivity index (χ3v) is 3.79. The number of H-pyrrole nitrogens is 2. The zero-order valence-electron chi connectivity index (χ0n) is 11.1. The van der Waals surface area contributed by atoms with Gasteiger partial charge in [-0.25, -0.2) is 4.79 Å². The van der Waals surface area contributed by atoms with Gasteiger partial charge in [0, 0.05) is 5.02 Å². The molecule has 0 spiro atoms. The van der Waals surface area contributed by atoms with E-state index in [0.717, 1.165) is 0 Å². The number of anilines is 1. The minimum Gasteiger partial charge on any atom is -0.384 e. The number of allylic oxidation sites excluding steroid dienone is 1. The highest BCUT2D eigenvalue weighted by atomic mass is 35.5. The number of nitrogens with zero attached hydrogens (tertiary/aromatic N) is 1. The summed E-state index contributed by atoms with van der Waals surface area (Å²) in [6.07, 6.45) is 0. The topological polar surface area (TPSA) is 128 Å². The molecule has 3 rings (SSSR count). The average molecular weight is 316 g/mol. The van der Waals surface area contributed by atoms with Crippen LogP contribution >= 0.6 is 11.6 Å². The quantitative estimate of drug-likeness (QED) is 0.623. The predicted octanol–water partition coefficient (Wildman–Crippen LogP) is 0.968. The summed E-state index contributed by atoms with van der Waals surface area (Å²) in [6.45, 7) is 0. The van der Waals surface area contributed by atoms with Gasteiger partial charge in [-0.15, -0.1) is 0 Å². The van der Waals surface area contributed by atoms with E-state index in [0.29, 0.717) is 10.6 Å². The number of aromatic amines is 2. The number of nitrogens with two attached hydrogens (primary N) is 1. The van der Waals surface area contributed by atoms with Crippen molar-refractivity contribution >= 4 is 17.4 Å². The molecule has 1 unspecified atom stereocenters. The van der Waals surface area contributed by atoms with E-state index in [9.17, 15) is 14.9 Å². The van der Waals surface area contributed by atoms with Crippen molar-refractivity contribution < 1.29 is 0 Å². The Labute approximate surface area is 129 Å². The monoisotopic (exact) mass is 315 g/mol. The fourth-order valence-corrected chi connectivity index (χ4v) is 2.76. The molecule has 0 fully saturated rings. The van der Waals surface area contributed by atoms with Crippen LogP contribution in [-0.4, -0.2) is 9.97 Å². The summed E-state index contributed by atoms with van der Waals surface area (Å²) < 4.78 is 0. The van der Waals surface area contributed by atoms with Gasteiger partial charge in [-0.1, -0.05) is 29.8 Å². The van der Waals surface area contributed by atoms with Gasteiger partial charge in [-0.2, -0.15) is 5.26 Å². The maximum atomic E-state index is 12.2. The number of rotatable bonds is 1. The highest BCUT2D eigenvalue weighted by Gasteiger charge is 2.33. The lowest BCUT2D eigenvalue weighted by Gasteiger charge is -2.26. The van der Waals surface area contributed by atoms with Crippen molar-refractivity contribution in [3.8, 4) is 6.07 Å². The molecule has 1 aromatic carbocycles. The molecule has 0 bridgehead atoms. The van der Waals surface area contributed by atoms with E-state index in [2.05, 4.69) is 15.3 Å². The first-order chi connectivity index (χ1) is 10.5. The van der Waals surface area contributed by atoms with E-state index in [1.165, 1.54) is 0 Å². The molecule has 0 radical (unpaired) electrons. The van der Waals surface area contributed by atoms with Gasteiger partial charge >= 0.3 is 5.69 Å². The zero-order chi connectivity index (χ0) is 15.9. The van der Waals surface area contributed by atoms with Gasteiger partial charge in [0.25, 0.3) is 5.56 Å². The summed E-state index contributed by atoms with van der Waals surface area (Å²) in [5.74, 6) is -0.521. The third kappa shape index (κ3) is 2.06. The van der Waals surface area contributed by atoms with Crippen LogP contribution in [0.2, 0.25) is 5.02 Å². The summed E-state index contributed by atoms with van der Waals surface area (Å²) >= 11 is 6.20. The minimum absolute atomic E-state index is 0.0705. The number of hydrogen-bond donors (Lipinski definition) is 4. The second-order valence-electron chi connectivity index (χ2n) is 4.72. The second kappa shape index (κ2) is 5.09. The van der Waals surface area contributed by atoms with Crippen LogP contribution in [-0.2, 0) is 0 Å². The highest BCUT2D eigenvalue weighted by Crippen LogP contribution is 2.39. The molecule has 8 heteroatoms. The Kier molecular flexibility index (Phi) is 3.23. The number of halogens is 1. The third-order valence-electron chi connectivity index (χ3n) is 3.44. The molecule has 0 saturated carbocycles. The Balaban J connectivity index is 2.38. The Morgan fingerprint density at radius 2 is 1.95 bits per heavy atom. The molecule has 0 amide bonds. The standard InChI is InChI=1S/C14H10ClN5O2/c15-8-4-2-1-3-6(8)9-7(5-16)11(17)18-12-10(9)13(21)20-14(22)19-12/h1-4,9H,17H2,(H3,18,19,20,21,22). The molecule has 0 saturated heterocycles. The minimum atomic E-state index is -0.754. The largest absolute Gasteiger partial charge is 0.384 e. The Morgan fingerprint density at radius 3 is 2.64 bits per heavy atom. The number of aromatic nitrogens is 2. The number of fused-ring (bicyclic) bond motifs is 1. The van der Waals surface area contributed by atoms with Crippen molar-refractivity contribution in [3.05, 3.63) is 72.6 Å². The van der Waals surface area contributed by atoms with E-state index >= 15 is 0 Å². The molecule has 22 heavy (non-hydrogen) atoms. The van der Waals surface area contributed by atoms with Gasteiger partial charge in [-0.3, -0.25) is 14.8 Å². The van der Waals surface area contributed by atoms with E-state index in [1.54, 1.807) is 24.3 Å². The molecule has 1 atom stereocenters. The lowest BCUT2D eigenvalue weighted by atomic mass is 9.84. The molecule has 1 aliphatic rings. The van der Waals surface area contributed by atoms with Crippen LogP contribution in [0.4, 0.5) is 5.82 Å². The molecule has 2 aromatic rings. The molecule has 2 heterocycles. The van der Waals surface area contributed by atoms with Crippen LogP contribution in [0.5, 0.6) is 0 Å². The van der Waals surface area contributed by atoms with Crippen LogP contribution < -0.4 is 22.3 Å². The highest BCUT2D eigenvalue weighted by molar-refractivity contribution is 6.31. The van der Waals surface area contributed by atoms with Gasteiger partial charge in [-0.05, 0) is 11.6 Å². The molecule has 7 nitrogen and oxygen atoms in total. The SMILES string of the molecule is N#CC1=C(N)Nc2[nH]c(=O)[nH]c(=O)c2C1c1ccccc1Cl. The van der Waals surface area contributed by atoms with E-state index in [-0.39, 0.29) is 22.8 Å². The summed E-state index contributed by atoms with van der Waals surface area (Å²) in [5, 5.41) is 12.5. The van der Waals surface area contributed by atoms with Crippen molar-refractivity contribution in [2.75, 3.05) is 5.32 Å². The Bertz CT molecular complexity index is 951. The molecular formula is C14H10ClN5O2. The molecular weight excluding hydrogens is 306 g/mol. The van der Waals surface area contributed by atoms with Gasteiger partial charge in [0.1, 0.15) is 11.6 Å². The molecule has 1 aliphatic heterocycles. The van der Waals surface area contributed by atoms with Crippen molar-refractivity contribution in [1.29, 1.82) is 5.26 Å². The lowest BCUT2D eigenvalue weighted by Crippen LogP contribution is -2.34. The number of benzene rings is 1. The van der Waals surface area contributed by atoms with Gasteiger partial charge in [0.05, 0.1) is 23.1 Å². The van der Waals surface area contributed by atoms with Crippen LogP contribution in [0.15, 0.2) is 45.2 Å². The van der Waals surface area contributed by atoms with Crippen LogP contribution in [0.1, 0.15) is 17.0 Å². The van der Waals surface area contributed by atoms with Crippen molar-refractivity contribution in [3.63, 3.8) is 0 Å². The fraction of sp³-hybridized carbons (Fsp3) is 0.0714. The fourth-order valence-electron chi connectivity index (χ4n) is 2.52. The smallest absolute Gasteiger partial charge is 0.327 e. The number of nitriles is 1. The first-order valence-electron chi connectivity index (χ1n) is 6.30. The Morgan fingerprint density at radius 1 is 1.23 bits per heavy atom. The van der Waals surface area contributed by atoms with E-state index in [1.807, 2.05) is 6.07 Å². The van der Waals surface area contributed by atoms with Gasteiger partial charge in [0.2, 0.25) is 0 Å². The summed E-state index contributed by atoms with van der Waals surface area (Å²) in [6, 6.07) is 8.85. The molecule has 1 aromatic heterocycles. The van der Waals surface area contributed by atoms with Crippen LogP contribution in [0, 0.1) is 11.3 Å². The van der Waals surface area contributed by atoms with Crippen molar-refractivity contribution in [2.45, 2.75) is 5.92 Å². The summed E-state index contributed by atoms with van der Waals surface area (Å²) in [4.78, 5) is 28.3. The van der Waals surface area contributed by atoms with Gasteiger partial charge in [0.15, 0.2) is 0 Å². The first-order valence-corrected chi connectivity index (χ1v) is 6.68. The summed E-state index contributed by atoms with van der Waals surface area (Å²) in [7, 11) is 0. The lowest BCUT2D eigenvalue weighted by molar-refractivity contribution is 0.865. The maximum Gasteiger partial charge on any atom is 0.327 e. The maximum absolute atomic E-state index is 12.2. The van der Waals surface area contributed by atoms with Crippen molar-refractivity contribution in [1.82, 2.24) is 9.97 Å². The predicted molar refractivity (Wildman–Crippen MR) is 81.4 cm³/mol. The zero-order valence-corrected chi connectivity index (χ0v) is 11.9. The van der Waals surface area contributed by atoms with Gasteiger partial charge < -0.3 is 11.1 Å². The number of nitrogens with one attached hydrogen (secondary N) is 3. The second-order valence-corrected chi connectivity index (χ2v) is 5.12. The summed E-state index contributed by atoms with van der Waals surface area (Å²) in [5.41, 5.74) is 5.50. The first kappa shape index (κ1) is 14.0. The number of hydrogen-bond acceptors (Lipinski definition) is 5. The molecule has 0 aliphatic carbocycles. The molecule has 110 valence electrons. The molecule has 5 N–H and O–H groups in total. The van der Waals surface area contributed by atoms with E-state index < -0.39 is 17.2 Å². The van der Waals surface area contributed by atoms with Crippen LogP contribution in [0.25, 0.3) is 0 Å².